The lowest BCUT2D eigenvalue weighted by atomic mass is 9.67. The number of carbonyl (C=O) groups is 4. The molecule has 2 aromatic rings. The van der Waals surface area contributed by atoms with Gasteiger partial charge in [-0.15, -0.1) is 0 Å². The number of Topliss-reactive ketones (excluding diaryl/α,β-unsaturated/α-hetero) is 4. The van der Waals surface area contributed by atoms with Crippen molar-refractivity contribution in [3.63, 3.8) is 0 Å². The number of fused-ring (bicyclic) bond motifs is 1. The highest BCUT2D eigenvalue weighted by molar-refractivity contribution is 6.21. The van der Waals surface area contributed by atoms with Crippen molar-refractivity contribution in [3.8, 4) is 0 Å². The summed E-state index contributed by atoms with van der Waals surface area (Å²) in [6.45, 7) is 11.9. The minimum atomic E-state index is -0.147. The number of ketones is 4. The van der Waals surface area contributed by atoms with E-state index in [-0.39, 0.29) is 46.8 Å². The minimum Gasteiger partial charge on any atom is -0.294 e. The van der Waals surface area contributed by atoms with Gasteiger partial charge in [-0.25, -0.2) is 0 Å². The average molecular weight is 541 g/mol. The molecule has 0 spiro atoms. The van der Waals surface area contributed by atoms with Crippen LogP contribution in [0.2, 0.25) is 0 Å². The standard InChI is InChI=1S/C36H44O4/c1-7-29-28(16-22(4)34(24(6)37)36(29)40)17-25-18-31-30(21(2)3)20-27(23(5)35(31)33(39)19-25)14-11-15-32(38)26-12-9-8-10-13-26/h8-10,12-13,20-21,25,28-29H,7,11,14-19H2,1-6H3. The molecular weight excluding hydrogens is 496 g/mol. The van der Waals surface area contributed by atoms with E-state index in [4.69, 9.17) is 0 Å². The van der Waals surface area contributed by atoms with Crippen molar-refractivity contribution in [2.75, 3.05) is 0 Å². The fraction of sp³-hybridized carbons (Fsp3) is 0.500. The number of aryl methyl sites for hydroxylation is 1. The number of hydrogen-bond acceptors (Lipinski definition) is 4. The summed E-state index contributed by atoms with van der Waals surface area (Å²) in [5, 5.41) is 0. The van der Waals surface area contributed by atoms with Gasteiger partial charge < -0.3 is 0 Å². The Bertz CT molecular complexity index is 1340. The molecule has 0 saturated heterocycles. The molecule has 4 heteroatoms. The van der Waals surface area contributed by atoms with E-state index >= 15 is 0 Å². The van der Waals surface area contributed by atoms with Gasteiger partial charge in [0.2, 0.25) is 0 Å². The number of carbonyl (C=O) groups excluding carboxylic acids is 4. The normalized spacial score (nSPS) is 21.1. The molecule has 0 radical (unpaired) electrons. The van der Waals surface area contributed by atoms with Crippen LogP contribution in [-0.2, 0) is 22.4 Å². The summed E-state index contributed by atoms with van der Waals surface area (Å²) >= 11 is 0. The Morgan fingerprint density at radius 2 is 1.70 bits per heavy atom. The molecule has 4 nitrogen and oxygen atoms in total. The van der Waals surface area contributed by atoms with Crippen molar-refractivity contribution in [2.45, 2.75) is 98.8 Å². The van der Waals surface area contributed by atoms with E-state index in [1.54, 1.807) is 0 Å². The summed E-state index contributed by atoms with van der Waals surface area (Å²) in [6, 6.07) is 11.7. The molecule has 3 atom stereocenters. The maximum absolute atomic E-state index is 13.7. The first-order chi connectivity index (χ1) is 19.0. The molecule has 0 aromatic heterocycles. The third-order valence-corrected chi connectivity index (χ3v) is 9.23. The van der Waals surface area contributed by atoms with E-state index in [2.05, 4.69) is 26.8 Å². The topological polar surface area (TPSA) is 68.3 Å². The molecule has 212 valence electrons. The number of benzene rings is 2. The summed E-state index contributed by atoms with van der Waals surface area (Å²) in [5.41, 5.74) is 7.63. The smallest absolute Gasteiger partial charge is 0.169 e. The van der Waals surface area contributed by atoms with Gasteiger partial charge in [-0.05, 0) is 99.3 Å². The zero-order valence-corrected chi connectivity index (χ0v) is 25.1. The molecule has 2 aliphatic rings. The van der Waals surface area contributed by atoms with E-state index in [0.29, 0.717) is 18.4 Å². The Morgan fingerprint density at radius 3 is 2.33 bits per heavy atom. The molecule has 0 heterocycles. The number of hydrogen-bond donors (Lipinski definition) is 0. The highest BCUT2D eigenvalue weighted by Gasteiger charge is 2.39. The molecular formula is C36H44O4. The monoisotopic (exact) mass is 540 g/mol. The van der Waals surface area contributed by atoms with Crippen LogP contribution in [0.15, 0.2) is 47.5 Å². The second-order valence-corrected chi connectivity index (χ2v) is 12.4. The maximum atomic E-state index is 13.7. The van der Waals surface area contributed by atoms with Crippen LogP contribution in [0.1, 0.15) is 122 Å². The Kier molecular flexibility index (Phi) is 9.38. The van der Waals surface area contributed by atoms with E-state index in [9.17, 15) is 19.2 Å². The summed E-state index contributed by atoms with van der Waals surface area (Å²) in [7, 11) is 0. The molecule has 2 aliphatic carbocycles. The lowest BCUT2D eigenvalue weighted by molar-refractivity contribution is -0.125. The van der Waals surface area contributed by atoms with Crippen molar-refractivity contribution >= 4 is 23.1 Å². The van der Waals surface area contributed by atoms with Gasteiger partial charge in [0.1, 0.15) is 0 Å². The van der Waals surface area contributed by atoms with Crippen LogP contribution < -0.4 is 0 Å². The Labute approximate surface area is 239 Å². The van der Waals surface area contributed by atoms with Crippen LogP contribution in [0.25, 0.3) is 0 Å². The fourth-order valence-corrected chi connectivity index (χ4v) is 7.30. The van der Waals surface area contributed by atoms with Crippen molar-refractivity contribution in [1.29, 1.82) is 0 Å². The van der Waals surface area contributed by atoms with Gasteiger partial charge in [0, 0.05) is 29.9 Å². The molecule has 2 aromatic carbocycles. The van der Waals surface area contributed by atoms with Gasteiger partial charge in [0.15, 0.2) is 23.1 Å². The molecule has 0 bridgehead atoms. The molecule has 0 amide bonds. The number of rotatable bonds is 10. The van der Waals surface area contributed by atoms with Gasteiger partial charge in [-0.3, -0.25) is 19.2 Å². The van der Waals surface area contributed by atoms with Crippen molar-refractivity contribution in [1.82, 2.24) is 0 Å². The summed E-state index contributed by atoms with van der Waals surface area (Å²) in [5.74, 6) is 0.750. The summed E-state index contributed by atoms with van der Waals surface area (Å²) < 4.78 is 0. The Hall–Kier alpha value is -3.14. The predicted molar refractivity (Wildman–Crippen MR) is 160 cm³/mol. The highest BCUT2D eigenvalue weighted by atomic mass is 16.2. The molecule has 0 fully saturated rings. The fourth-order valence-electron chi connectivity index (χ4n) is 7.30. The van der Waals surface area contributed by atoms with Crippen LogP contribution in [0.5, 0.6) is 0 Å². The SMILES string of the molecule is CCC1C(=O)C(C(C)=O)=C(C)CC1CC1CC(=O)c2c(C)c(CCCC(=O)c3ccccc3)cc(C(C)C)c2C1. The zero-order chi connectivity index (χ0) is 29.1. The lowest BCUT2D eigenvalue weighted by Crippen LogP contribution is -2.35. The Morgan fingerprint density at radius 1 is 1.00 bits per heavy atom. The first-order valence-electron chi connectivity index (χ1n) is 15.0. The van der Waals surface area contributed by atoms with E-state index in [0.717, 1.165) is 60.8 Å². The van der Waals surface area contributed by atoms with Gasteiger partial charge in [0.25, 0.3) is 0 Å². The summed E-state index contributed by atoms with van der Waals surface area (Å²) in [6.07, 6.45) is 5.69. The molecule has 40 heavy (non-hydrogen) atoms. The highest BCUT2D eigenvalue weighted by Crippen LogP contribution is 2.42. The quantitative estimate of drug-likeness (QED) is 0.226. The minimum absolute atomic E-state index is 0.000359. The van der Waals surface area contributed by atoms with E-state index < -0.39 is 0 Å². The first-order valence-corrected chi connectivity index (χ1v) is 15.0. The van der Waals surface area contributed by atoms with Crippen molar-refractivity contribution in [2.24, 2.45) is 17.8 Å². The largest absolute Gasteiger partial charge is 0.294 e. The van der Waals surface area contributed by atoms with Gasteiger partial charge in [-0.1, -0.05) is 62.7 Å². The van der Waals surface area contributed by atoms with Crippen LogP contribution in [0, 0.1) is 24.7 Å². The van der Waals surface area contributed by atoms with Gasteiger partial charge in [0.05, 0.1) is 5.57 Å². The summed E-state index contributed by atoms with van der Waals surface area (Å²) in [4.78, 5) is 51.7. The van der Waals surface area contributed by atoms with Crippen LogP contribution in [0.4, 0.5) is 0 Å². The maximum Gasteiger partial charge on any atom is 0.169 e. The Balaban J connectivity index is 1.54. The predicted octanol–water partition coefficient (Wildman–Crippen LogP) is 7.98. The second kappa shape index (κ2) is 12.6. The molecule has 4 rings (SSSR count). The molecule has 3 unspecified atom stereocenters. The lowest BCUT2D eigenvalue weighted by Gasteiger charge is -2.36. The third kappa shape index (κ3) is 6.11. The van der Waals surface area contributed by atoms with Crippen LogP contribution >= 0.6 is 0 Å². The van der Waals surface area contributed by atoms with Crippen molar-refractivity contribution in [3.05, 3.63) is 80.9 Å². The van der Waals surface area contributed by atoms with E-state index in [1.807, 2.05) is 44.2 Å². The third-order valence-electron chi connectivity index (χ3n) is 9.23. The number of allylic oxidation sites excluding steroid dienone is 2. The van der Waals surface area contributed by atoms with Gasteiger partial charge in [-0.2, -0.15) is 0 Å². The van der Waals surface area contributed by atoms with E-state index in [1.165, 1.54) is 23.6 Å². The molecule has 0 N–H and O–H groups in total. The van der Waals surface area contributed by atoms with Gasteiger partial charge >= 0.3 is 0 Å². The van der Waals surface area contributed by atoms with Crippen LogP contribution in [-0.4, -0.2) is 23.1 Å². The van der Waals surface area contributed by atoms with Crippen molar-refractivity contribution < 1.29 is 19.2 Å². The van der Waals surface area contributed by atoms with Crippen LogP contribution in [0.3, 0.4) is 0 Å². The molecule has 0 aliphatic heterocycles. The first kappa shape index (κ1) is 29.8. The molecule has 0 saturated carbocycles. The average Bonchev–Trinajstić information content (AvgIpc) is 2.89. The second-order valence-electron chi connectivity index (χ2n) is 12.4. The zero-order valence-electron chi connectivity index (χ0n) is 25.1.